The van der Waals surface area contributed by atoms with Gasteiger partial charge in [-0.3, -0.25) is 0 Å². The van der Waals surface area contributed by atoms with Crippen molar-refractivity contribution in [2.24, 2.45) is 0 Å². The second-order valence-electron chi connectivity index (χ2n) is 1.07. The molecule has 0 N–H and O–H groups in total. The monoisotopic (exact) mass is 212 g/mol. The van der Waals surface area contributed by atoms with E-state index >= 15 is 0 Å². The molecule has 0 aromatic carbocycles. The molecule has 0 rings (SSSR count). The van der Waals surface area contributed by atoms with Gasteiger partial charge in [0.15, 0.2) is 3.67 Å². The van der Waals surface area contributed by atoms with Crippen molar-refractivity contribution >= 4 is 58.2 Å². The van der Waals surface area contributed by atoms with E-state index < -0.39 is 8.50 Å². The zero-order valence-corrected chi connectivity index (χ0v) is 7.84. The first-order valence-corrected chi connectivity index (χ1v) is 4.57. The van der Waals surface area contributed by atoms with E-state index in [0.717, 1.165) is 0 Å². The minimum absolute atomic E-state index is 0.749. The second kappa shape index (κ2) is 3.62. The molecule has 0 amide bonds. The fourth-order valence-electron chi connectivity index (χ4n) is 0.0891. The Hall–Kier alpha value is 1.51. The number of halogens is 4. The Balaban J connectivity index is 3.71. The molecule has 0 aromatic rings. The lowest BCUT2D eigenvalue weighted by molar-refractivity contribution is 1.21. The first-order chi connectivity index (χ1) is 3.50. The lowest BCUT2D eigenvalue weighted by Crippen LogP contribution is -2.15. The van der Waals surface area contributed by atoms with Gasteiger partial charge in [-0.2, -0.15) is 0 Å². The summed E-state index contributed by atoms with van der Waals surface area (Å²) < 4.78 is -1.07. The van der Waals surface area contributed by atoms with Gasteiger partial charge in [0.2, 0.25) is 0 Å². The SMILES string of the molecule is CSC(Cl)(Cl)C(Cl)Cl. The van der Waals surface area contributed by atoms with Crippen LogP contribution in [0, 0.1) is 0 Å². The van der Waals surface area contributed by atoms with E-state index in [1.807, 2.05) is 0 Å². The maximum atomic E-state index is 5.52. The van der Waals surface area contributed by atoms with E-state index in [9.17, 15) is 0 Å². The Morgan fingerprint density at radius 3 is 1.75 bits per heavy atom. The van der Waals surface area contributed by atoms with Crippen LogP contribution in [0.1, 0.15) is 0 Å². The predicted octanol–water partition coefficient (Wildman–Crippen LogP) is 3.28. The summed E-state index contributed by atoms with van der Waals surface area (Å²) in [6.45, 7) is 0. The highest BCUT2D eigenvalue weighted by molar-refractivity contribution is 8.02. The largest absolute Gasteiger partial charge is 0.193 e. The lowest BCUT2D eigenvalue weighted by atomic mass is 10.9. The van der Waals surface area contributed by atoms with Gasteiger partial charge in [0.05, 0.1) is 0 Å². The average Bonchev–Trinajstić information content (AvgIpc) is 1.67. The molecule has 8 heavy (non-hydrogen) atoms. The summed E-state index contributed by atoms with van der Waals surface area (Å²) in [6.07, 6.45) is 1.73. The van der Waals surface area contributed by atoms with Crippen LogP contribution in [0.4, 0.5) is 0 Å². The van der Waals surface area contributed by atoms with Gasteiger partial charge >= 0.3 is 0 Å². The molecule has 0 aromatic heterocycles. The van der Waals surface area contributed by atoms with Gasteiger partial charge < -0.3 is 0 Å². The minimum Gasteiger partial charge on any atom is -0.124 e. The second-order valence-corrected chi connectivity index (χ2v) is 5.05. The quantitative estimate of drug-likeness (QED) is 0.635. The van der Waals surface area contributed by atoms with E-state index in [2.05, 4.69) is 0 Å². The summed E-state index contributed by atoms with van der Waals surface area (Å²) >= 11 is 22.9. The molecule has 5 heteroatoms. The summed E-state index contributed by atoms with van der Waals surface area (Å²) in [5, 5.41) is 0. The van der Waals surface area contributed by atoms with Crippen molar-refractivity contribution < 1.29 is 0 Å². The van der Waals surface area contributed by atoms with Crippen LogP contribution in [0.25, 0.3) is 0 Å². The van der Waals surface area contributed by atoms with Crippen LogP contribution >= 0.6 is 58.2 Å². The van der Waals surface area contributed by atoms with E-state index in [-0.39, 0.29) is 0 Å². The number of hydrogen-bond donors (Lipinski definition) is 0. The topological polar surface area (TPSA) is 0 Å². The van der Waals surface area contributed by atoms with Gasteiger partial charge in [-0.25, -0.2) is 0 Å². The number of rotatable bonds is 2. The fraction of sp³-hybridized carbons (Fsp3) is 1.00. The van der Waals surface area contributed by atoms with Crippen molar-refractivity contribution in [1.82, 2.24) is 0 Å². The Kier molecular flexibility index (Phi) is 4.31. The minimum atomic E-state index is -1.07. The smallest absolute Gasteiger partial charge is 0.124 e. The summed E-state index contributed by atoms with van der Waals surface area (Å²) in [6, 6.07) is 0. The van der Waals surface area contributed by atoms with Gasteiger partial charge in [-0.05, 0) is 6.26 Å². The van der Waals surface area contributed by atoms with Gasteiger partial charge in [0.1, 0.15) is 4.84 Å². The van der Waals surface area contributed by atoms with Crippen LogP contribution in [0.2, 0.25) is 0 Å². The molecule has 0 nitrogen and oxygen atoms in total. The molecule has 0 atom stereocenters. The normalized spacial score (nSPS) is 12.8. The molecule has 0 saturated heterocycles. The van der Waals surface area contributed by atoms with E-state index in [1.165, 1.54) is 11.8 Å². The highest BCUT2D eigenvalue weighted by Crippen LogP contribution is 2.40. The van der Waals surface area contributed by atoms with Crippen molar-refractivity contribution in [2.75, 3.05) is 6.26 Å². The summed E-state index contributed by atoms with van der Waals surface area (Å²) in [5.74, 6) is 0. The first kappa shape index (κ1) is 9.51. The zero-order valence-electron chi connectivity index (χ0n) is 4.00. The van der Waals surface area contributed by atoms with E-state index in [1.54, 1.807) is 6.26 Å². The summed E-state index contributed by atoms with van der Waals surface area (Å²) in [4.78, 5) is -0.749. The van der Waals surface area contributed by atoms with Crippen LogP contribution in [0.3, 0.4) is 0 Å². The molecule has 0 radical (unpaired) electrons. The van der Waals surface area contributed by atoms with Crippen LogP contribution in [0.5, 0.6) is 0 Å². The molecule has 0 spiro atoms. The molecule has 0 fully saturated rings. The molecule has 0 unspecified atom stereocenters. The van der Waals surface area contributed by atoms with Crippen LogP contribution in [-0.4, -0.2) is 14.8 Å². The Morgan fingerprint density at radius 1 is 1.38 bits per heavy atom. The highest BCUT2D eigenvalue weighted by Gasteiger charge is 2.30. The zero-order chi connectivity index (χ0) is 6.78. The predicted molar refractivity (Wildman–Crippen MR) is 43.4 cm³/mol. The third-order valence-electron chi connectivity index (χ3n) is 0.526. The van der Waals surface area contributed by atoms with Crippen molar-refractivity contribution in [3.63, 3.8) is 0 Å². The molecule has 0 bridgehead atoms. The van der Waals surface area contributed by atoms with Gasteiger partial charge in [0, 0.05) is 0 Å². The Bertz CT molecular complexity index is 71.7. The number of alkyl halides is 4. The molecular formula is C3H4Cl4S. The standard InChI is InChI=1S/C3H4Cl4S/c1-8-3(6,7)2(4)5/h2H,1H3. The van der Waals surface area contributed by atoms with E-state index in [0.29, 0.717) is 0 Å². The molecule has 0 heterocycles. The Labute approximate surface area is 72.8 Å². The number of thioether (sulfide) groups is 1. The van der Waals surface area contributed by atoms with Crippen LogP contribution in [-0.2, 0) is 0 Å². The van der Waals surface area contributed by atoms with Gasteiger partial charge in [0.25, 0.3) is 0 Å². The van der Waals surface area contributed by atoms with Crippen molar-refractivity contribution in [1.29, 1.82) is 0 Å². The highest BCUT2D eigenvalue weighted by atomic mass is 35.5. The van der Waals surface area contributed by atoms with Crippen LogP contribution in [0.15, 0.2) is 0 Å². The van der Waals surface area contributed by atoms with Crippen molar-refractivity contribution in [3.05, 3.63) is 0 Å². The van der Waals surface area contributed by atoms with Crippen LogP contribution < -0.4 is 0 Å². The van der Waals surface area contributed by atoms with Crippen molar-refractivity contribution in [3.8, 4) is 0 Å². The summed E-state index contributed by atoms with van der Waals surface area (Å²) in [7, 11) is 0. The van der Waals surface area contributed by atoms with Gasteiger partial charge in [-0.15, -0.1) is 35.0 Å². The molecule has 0 aliphatic heterocycles. The maximum Gasteiger partial charge on any atom is 0.193 e. The fourth-order valence-corrected chi connectivity index (χ4v) is 0.802. The molecule has 0 aliphatic carbocycles. The number of hydrogen-bond acceptors (Lipinski definition) is 1. The lowest BCUT2D eigenvalue weighted by Gasteiger charge is -2.16. The summed E-state index contributed by atoms with van der Waals surface area (Å²) in [5.41, 5.74) is 0. The third-order valence-corrected chi connectivity index (χ3v) is 4.03. The maximum absolute atomic E-state index is 5.52. The average molecular weight is 214 g/mol. The molecule has 0 saturated carbocycles. The molecule has 0 aliphatic rings. The van der Waals surface area contributed by atoms with E-state index in [4.69, 9.17) is 46.4 Å². The Morgan fingerprint density at radius 2 is 1.75 bits per heavy atom. The molecular weight excluding hydrogens is 210 g/mol. The first-order valence-electron chi connectivity index (χ1n) is 1.72. The third kappa shape index (κ3) is 2.88. The van der Waals surface area contributed by atoms with Crippen molar-refractivity contribution in [2.45, 2.75) is 8.50 Å². The molecule has 50 valence electrons. The van der Waals surface area contributed by atoms with Gasteiger partial charge in [-0.1, -0.05) is 23.2 Å².